The molecule has 2 aromatic rings. The Balaban J connectivity index is 1.58. The summed E-state index contributed by atoms with van der Waals surface area (Å²) in [7, 11) is 3.49. The Labute approximate surface area is 146 Å². The number of fused-ring (bicyclic) bond motifs is 1. The first kappa shape index (κ1) is 16.8. The molecule has 1 atom stereocenters. The summed E-state index contributed by atoms with van der Waals surface area (Å²) in [5.74, 6) is 1.28. The molecule has 0 bridgehead atoms. The second-order valence-electron chi connectivity index (χ2n) is 6.18. The Kier molecular flexibility index (Phi) is 5.35. The van der Waals surface area contributed by atoms with Gasteiger partial charge < -0.3 is 15.0 Å². The summed E-state index contributed by atoms with van der Waals surface area (Å²) >= 11 is 1.54. The van der Waals surface area contributed by atoms with Crippen molar-refractivity contribution in [2.24, 2.45) is 0 Å². The van der Waals surface area contributed by atoms with Gasteiger partial charge in [-0.25, -0.2) is 9.78 Å². The summed E-state index contributed by atoms with van der Waals surface area (Å²) in [5.41, 5.74) is 5.39. The minimum Gasteiger partial charge on any atom is -0.497 e. The third-order valence-corrected chi connectivity index (χ3v) is 5.15. The summed E-state index contributed by atoms with van der Waals surface area (Å²) in [4.78, 5) is 18.2. The lowest BCUT2D eigenvalue weighted by Gasteiger charge is -2.27. The van der Waals surface area contributed by atoms with E-state index < -0.39 is 0 Å². The first-order chi connectivity index (χ1) is 11.7. The molecule has 1 aliphatic rings. The minimum atomic E-state index is -0.0522. The summed E-state index contributed by atoms with van der Waals surface area (Å²) in [5, 5.41) is 5.03. The number of benzene rings is 1. The first-order valence-corrected chi connectivity index (χ1v) is 9.14. The maximum Gasteiger partial charge on any atom is 0.317 e. The van der Waals surface area contributed by atoms with Crippen molar-refractivity contribution < 1.29 is 9.53 Å². The predicted molar refractivity (Wildman–Crippen MR) is 95.7 cm³/mol. The van der Waals surface area contributed by atoms with Crippen LogP contribution in [0.5, 0.6) is 5.75 Å². The van der Waals surface area contributed by atoms with Crippen LogP contribution in [-0.2, 0) is 13.0 Å². The molecular formula is C18H23N3O2S. The Morgan fingerprint density at radius 3 is 3.12 bits per heavy atom. The molecule has 2 amide bonds. The van der Waals surface area contributed by atoms with Gasteiger partial charge in [0.05, 0.1) is 24.9 Å². The maximum atomic E-state index is 12.3. The number of aryl methyl sites for hydroxylation is 1. The standard InChI is InChI=1S/C18H23N3O2S/c1-21(10-15-11-24-12-20-15)18(22)19-9-14-5-3-4-13-8-16(23-2)6-7-17(13)14/h6-8,11-12,14H,3-5,9-10H2,1-2H3,(H,19,22)/t14-/m0/s1. The number of amides is 2. The molecule has 1 N–H and O–H groups in total. The van der Waals surface area contributed by atoms with E-state index in [2.05, 4.69) is 22.4 Å². The van der Waals surface area contributed by atoms with Gasteiger partial charge in [-0.15, -0.1) is 11.3 Å². The monoisotopic (exact) mass is 345 g/mol. The van der Waals surface area contributed by atoms with Crippen LogP contribution in [0.3, 0.4) is 0 Å². The number of rotatable bonds is 5. The van der Waals surface area contributed by atoms with E-state index in [1.165, 1.54) is 11.1 Å². The fourth-order valence-electron chi connectivity index (χ4n) is 3.21. The van der Waals surface area contributed by atoms with Crippen molar-refractivity contribution in [3.63, 3.8) is 0 Å². The third-order valence-electron chi connectivity index (χ3n) is 4.52. The van der Waals surface area contributed by atoms with Crippen LogP contribution < -0.4 is 10.1 Å². The van der Waals surface area contributed by atoms with E-state index in [1.54, 1.807) is 35.9 Å². The van der Waals surface area contributed by atoms with Gasteiger partial charge in [0, 0.05) is 24.9 Å². The largest absolute Gasteiger partial charge is 0.497 e. The van der Waals surface area contributed by atoms with Gasteiger partial charge in [0.15, 0.2) is 0 Å². The number of thiazole rings is 1. The molecule has 0 saturated carbocycles. The molecule has 1 aliphatic carbocycles. The van der Waals surface area contributed by atoms with Crippen LogP contribution in [0.1, 0.15) is 35.6 Å². The van der Waals surface area contributed by atoms with E-state index in [0.29, 0.717) is 19.0 Å². The Morgan fingerprint density at radius 2 is 2.38 bits per heavy atom. The van der Waals surface area contributed by atoms with Gasteiger partial charge >= 0.3 is 6.03 Å². The van der Waals surface area contributed by atoms with E-state index in [0.717, 1.165) is 30.7 Å². The lowest BCUT2D eigenvalue weighted by atomic mass is 9.82. The van der Waals surface area contributed by atoms with Gasteiger partial charge in [0.2, 0.25) is 0 Å². The van der Waals surface area contributed by atoms with Crippen molar-refractivity contribution in [3.05, 3.63) is 45.9 Å². The normalized spacial score (nSPS) is 16.3. The van der Waals surface area contributed by atoms with Gasteiger partial charge in [-0.1, -0.05) is 6.07 Å². The highest BCUT2D eigenvalue weighted by Gasteiger charge is 2.22. The predicted octanol–water partition coefficient (Wildman–Crippen LogP) is 3.41. The zero-order valence-corrected chi connectivity index (χ0v) is 14.9. The van der Waals surface area contributed by atoms with Crippen molar-refractivity contribution in [3.8, 4) is 5.75 Å². The molecule has 1 aromatic heterocycles. The van der Waals surface area contributed by atoms with Gasteiger partial charge in [-0.2, -0.15) is 0 Å². The molecule has 6 heteroatoms. The molecule has 0 aliphatic heterocycles. The summed E-state index contributed by atoms with van der Waals surface area (Å²) in [6.45, 7) is 1.20. The van der Waals surface area contributed by atoms with Crippen LogP contribution in [0.2, 0.25) is 0 Å². The van der Waals surface area contributed by atoms with E-state index in [9.17, 15) is 4.79 Å². The van der Waals surface area contributed by atoms with Crippen molar-refractivity contribution in [2.75, 3.05) is 20.7 Å². The van der Waals surface area contributed by atoms with Gasteiger partial charge in [-0.3, -0.25) is 0 Å². The molecule has 0 spiro atoms. The van der Waals surface area contributed by atoms with E-state index in [1.807, 2.05) is 11.4 Å². The van der Waals surface area contributed by atoms with E-state index in [-0.39, 0.29) is 6.03 Å². The smallest absolute Gasteiger partial charge is 0.317 e. The van der Waals surface area contributed by atoms with Crippen LogP contribution in [-0.4, -0.2) is 36.6 Å². The maximum absolute atomic E-state index is 12.3. The van der Waals surface area contributed by atoms with Gasteiger partial charge in [0.1, 0.15) is 5.75 Å². The number of methoxy groups -OCH3 is 1. The number of carbonyl (C=O) groups is 1. The SMILES string of the molecule is COc1ccc2c(c1)CCC[C@H]2CNC(=O)N(C)Cc1cscn1. The highest BCUT2D eigenvalue weighted by atomic mass is 32.1. The lowest BCUT2D eigenvalue weighted by Crippen LogP contribution is -2.39. The van der Waals surface area contributed by atoms with Crippen LogP contribution in [0.25, 0.3) is 0 Å². The average Bonchev–Trinajstić information content (AvgIpc) is 3.11. The second-order valence-corrected chi connectivity index (χ2v) is 6.89. The number of ether oxygens (including phenoxy) is 1. The summed E-state index contributed by atoms with van der Waals surface area (Å²) in [6, 6.07) is 6.22. The highest BCUT2D eigenvalue weighted by Crippen LogP contribution is 2.33. The van der Waals surface area contributed by atoms with Crippen molar-refractivity contribution in [1.82, 2.24) is 15.2 Å². The molecule has 1 heterocycles. The third kappa shape index (κ3) is 3.87. The molecule has 24 heavy (non-hydrogen) atoms. The van der Waals surface area contributed by atoms with E-state index in [4.69, 9.17) is 4.74 Å². The quantitative estimate of drug-likeness (QED) is 0.903. The molecule has 128 valence electrons. The van der Waals surface area contributed by atoms with Crippen LogP contribution in [0.4, 0.5) is 4.79 Å². The van der Waals surface area contributed by atoms with Crippen LogP contribution >= 0.6 is 11.3 Å². The molecule has 0 radical (unpaired) electrons. The molecule has 3 rings (SSSR count). The topological polar surface area (TPSA) is 54.5 Å². The molecular weight excluding hydrogens is 322 g/mol. The molecule has 0 saturated heterocycles. The fraction of sp³-hybridized carbons (Fsp3) is 0.444. The minimum absolute atomic E-state index is 0.0522. The van der Waals surface area contributed by atoms with E-state index >= 15 is 0 Å². The number of aromatic nitrogens is 1. The molecule has 1 aromatic carbocycles. The van der Waals surface area contributed by atoms with Crippen molar-refractivity contribution in [2.45, 2.75) is 31.7 Å². The van der Waals surface area contributed by atoms with Crippen LogP contribution in [0.15, 0.2) is 29.1 Å². The number of nitrogens with one attached hydrogen (secondary N) is 1. The van der Waals surface area contributed by atoms with Crippen molar-refractivity contribution in [1.29, 1.82) is 0 Å². The zero-order valence-electron chi connectivity index (χ0n) is 14.1. The molecule has 5 nitrogen and oxygen atoms in total. The first-order valence-electron chi connectivity index (χ1n) is 8.20. The number of hydrogen-bond donors (Lipinski definition) is 1. The number of carbonyl (C=O) groups excluding carboxylic acids is 1. The fourth-order valence-corrected chi connectivity index (χ4v) is 3.76. The summed E-state index contributed by atoms with van der Waals surface area (Å²) in [6.07, 6.45) is 3.34. The molecule has 0 fully saturated rings. The summed E-state index contributed by atoms with van der Waals surface area (Å²) < 4.78 is 5.31. The lowest BCUT2D eigenvalue weighted by molar-refractivity contribution is 0.205. The Morgan fingerprint density at radius 1 is 1.50 bits per heavy atom. The van der Waals surface area contributed by atoms with Crippen molar-refractivity contribution >= 4 is 17.4 Å². The zero-order chi connectivity index (χ0) is 16.9. The van der Waals surface area contributed by atoms with Gasteiger partial charge in [0.25, 0.3) is 0 Å². The van der Waals surface area contributed by atoms with Gasteiger partial charge in [-0.05, 0) is 42.5 Å². The highest BCUT2D eigenvalue weighted by molar-refractivity contribution is 7.07. The second kappa shape index (κ2) is 7.66. The number of urea groups is 1. The molecule has 0 unspecified atom stereocenters. The Bertz CT molecular complexity index is 688. The number of nitrogens with zero attached hydrogens (tertiary/aromatic N) is 2. The number of hydrogen-bond acceptors (Lipinski definition) is 4. The van der Waals surface area contributed by atoms with Crippen LogP contribution in [0, 0.1) is 0 Å². The average molecular weight is 345 g/mol. The Hall–Kier alpha value is -2.08.